The molecule has 2 saturated heterocycles. The van der Waals surface area contributed by atoms with Crippen LogP contribution in [0.1, 0.15) is 44.1 Å². The average molecular weight is 415 g/mol. The third-order valence-electron chi connectivity index (χ3n) is 6.22. The van der Waals surface area contributed by atoms with Gasteiger partial charge < -0.3 is 10.1 Å². The Kier molecular flexibility index (Phi) is 7.12. The molecule has 7 heteroatoms. The first-order chi connectivity index (χ1) is 14.7. The molecule has 1 amide bonds. The van der Waals surface area contributed by atoms with Crippen LogP contribution in [0.25, 0.3) is 5.69 Å². The van der Waals surface area contributed by atoms with E-state index in [9.17, 15) is 9.18 Å². The van der Waals surface area contributed by atoms with Crippen molar-refractivity contribution >= 4 is 5.91 Å². The zero-order chi connectivity index (χ0) is 20.8. The topological polar surface area (TPSA) is 59.4 Å². The lowest BCUT2D eigenvalue weighted by atomic mass is 9.91. The van der Waals surface area contributed by atoms with Crippen molar-refractivity contribution in [3.63, 3.8) is 0 Å². The van der Waals surface area contributed by atoms with E-state index in [-0.39, 0.29) is 17.8 Å². The van der Waals surface area contributed by atoms with Crippen LogP contribution in [-0.2, 0) is 16.1 Å². The summed E-state index contributed by atoms with van der Waals surface area (Å²) >= 11 is 0. The number of aromatic nitrogens is 2. The molecule has 1 N–H and O–H groups in total. The summed E-state index contributed by atoms with van der Waals surface area (Å²) in [5.41, 5.74) is 1.87. The number of amides is 1. The summed E-state index contributed by atoms with van der Waals surface area (Å²) in [4.78, 5) is 14.5. The van der Waals surface area contributed by atoms with E-state index >= 15 is 0 Å². The SMILES string of the molecule is O=C(CCC1CCN(Cc2cc(F)ccc2-n2cccn2)CC1)NCC1CCCO1. The van der Waals surface area contributed by atoms with Gasteiger partial charge in [-0.2, -0.15) is 5.10 Å². The fourth-order valence-corrected chi connectivity index (χ4v) is 4.45. The minimum atomic E-state index is -0.218. The quantitative estimate of drug-likeness (QED) is 0.720. The number of benzene rings is 1. The van der Waals surface area contributed by atoms with Gasteiger partial charge >= 0.3 is 0 Å². The molecule has 1 atom stereocenters. The second-order valence-electron chi connectivity index (χ2n) is 8.42. The Hall–Kier alpha value is -2.25. The summed E-state index contributed by atoms with van der Waals surface area (Å²) in [5, 5.41) is 7.31. The molecule has 1 aromatic carbocycles. The number of halogens is 1. The number of nitrogens with one attached hydrogen (secondary N) is 1. The number of hydrogen-bond donors (Lipinski definition) is 1. The van der Waals surface area contributed by atoms with E-state index in [1.807, 2.05) is 12.3 Å². The molecule has 3 heterocycles. The minimum absolute atomic E-state index is 0.136. The summed E-state index contributed by atoms with van der Waals surface area (Å²) in [6.45, 7) is 4.11. The van der Waals surface area contributed by atoms with Crippen molar-refractivity contribution in [1.29, 1.82) is 0 Å². The van der Waals surface area contributed by atoms with E-state index in [0.29, 0.717) is 25.4 Å². The van der Waals surface area contributed by atoms with Crippen LogP contribution in [-0.4, -0.2) is 52.9 Å². The molecule has 2 aliphatic heterocycles. The van der Waals surface area contributed by atoms with Gasteiger partial charge in [0.2, 0.25) is 5.91 Å². The Morgan fingerprint density at radius 2 is 2.13 bits per heavy atom. The molecule has 162 valence electrons. The van der Waals surface area contributed by atoms with Crippen molar-refractivity contribution in [3.05, 3.63) is 48.0 Å². The zero-order valence-corrected chi connectivity index (χ0v) is 17.4. The minimum Gasteiger partial charge on any atom is -0.376 e. The molecule has 2 fully saturated rings. The third-order valence-corrected chi connectivity index (χ3v) is 6.22. The highest BCUT2D eigenvalue weighted by Gasteiger charge is 2.22. The Morgan fingerprint density at radius 3 is 2.87 bits per heavy atom. The highest BCUT2D eigenvalue weighted by Crippen LogP contribution is 2.25. The Balaban J connectivity index is 1.21. The number of likely N-dealkylation sites (tertiary alicyclic amines) is 1. The molecular weight excluding hydrogens is 383 g/mol. The highest BCUT2D eigenvalue weighted by molar-refractivity contribution is 5.75. The number of nitrogens with zero attached hydrogens (tertiary/aromatic N) is 3. The summed E-state index contributed by atoms with van der Waals surface area (Å²) in [5.74, 6) is 0.495. The molecule has 0 saturated carbocycles. The molecule has 0 aliphatic carbocycles. The molecule has 4 rings (SSSR count). The second kappa shape index (κ2) is 10.2. The van der Waals surface area contributed by atoms with Crippen molar-refractivity contribution in [3.8, 4) is 5.69 Å². The first kappa shape index (κ1) is 21.0. The molecule has 0 bridgehead atoms. The van der Waals surface area contributed by atoms with Gasteiger partial charge in [0.25, 0.3) is 0 Å². The van der Waals surface area contributed by atoms with E-state index in [1.54, 1.807) is 23.0 Å². The molecule has 30 heavy (non-hydrogen) atoms. The van der Waals surface area contributed by atoms with Gasteiger partial charge in [-0.3, -0.25) is 9.69 Å². The molecule has 1 aromatic heterocycles. The number of rotatable bonds is 8. The standard InChI is InChI=1S/C23H31FN4O2/c24-20-5-6-22(28-11-2-10-26-28)19(15-20)17-27-12-8-18(9-13-27)4-7-23(29)25-16-21-3-1-14-30-21/h2,5-6,10-11,15,18,21H,1,3-4,7-9,12-14,16-17H2,(H,25,29). The summed E-state index contributed by atoms with van der Waals surface area (Å²) in [6.07, 6.45) is 9.63. The van der Waals surface area contributed by atoms with Crippen molar-refractivity contribution in [2.24, 2.45) is 5.92 Å². The maximum atomic E-state index is 13.8. The number of hydrogen-bond acceptors (Lipinski definition) is 4. The Bertz CT molecular complexity index is 813. The predicted molar refractivity (Wildman–Crippen MR) is 113 cm³/mol. The van der Waals surface area contributed by atoms with Gasteiger partial charge in [-0.1, -0.05) is 0 Å². The molecule has 2 aromatic rings. The normalized spacial score (nSPS) is 20.5. The summed E-state index contributed by atoms with van der Waals surface area (Å²) < 4.78 is 21.2. The maximum Gasteiger partial charge on any atom is 0.220 e. The fraction of sp³-hybridized carbons (Fsp3) is 0.565. The van der Waals surface area contributed by atoms with Gasteiger partial charge in [0.15, 0.2) is 0 Å². The summed E-state index contributed by atoms with van der Waals surface area (Å²) in [6, 6.07) is 6.76. The number of carbonyl (C=O) groups is 1. The van der Waals surface area contributed by atoms with Crippen LogP contribution in [0.15, 0.2) is 36.7 Å². The molecule has 0 spiro atoms. The second-order valence-corrected chi connectivity index (χ2v) is 8.42. The van der Waals surface area contributed by atoms with Crippen molar-refractivity contribution < 1.29 is 13.9 Å². The van der Waals surface area contributed by atoms with Gasteiger partial charge in [0.1, 0.15) is 5.82 Å². The van der Waals surface area contributed by atoms with Crippen LogP contribution in [0, 0.1) is 11.7 Å². The zero-order valence-electron chi connectivity index (χ0n) is 17.4. The van der Waals surface area contributed by atoms with E-state index in [4.69, 9.17) is 4.74 Å². The van der Waals surface area contributed by atoms with Crippen LogP contribution < -0.4 is 5.32 Å². The largest absolute Gasteiger partial charge is 0.376 e. The lowest BCUT2D eigenvalue weighted by Gasteiger charge is -2.32. The van der Waals surface area contributed by atoms with E-state index in [2.05, 4.69) is 15.3 Å². The van der Waals surface area contributed by atoms with Gasteiger partial charge in [-0.15, -0.1) is 0 Å². The van der Waals surface area contributed by atoms with Crippen molar-refractivity contribution in [2.75, 3.05) is 26.2 Å². The van der Waals surface area contributed by atoms with Crippen LogP contribution >= 0.6 is 0 Å². The lowest BCUT2D eigenvalue weighted by Crippen LogP contribution is -2.35. The monoisotopic (exact) mass is 414 g/mol. The smallest absolute Gasteiger partial charge is 0.220 e. The lowest BCUT2D eigenvalue weighted by molar-refractivity contribution is -0.122. The first-order valence-corrected chi connectivity index (χ1v) is 11.1. The Morgan fingerprint density at radius 1 is 1.27 bits per heavy atom. The van der Waals surface area contributed by atoms with E-state index in [0.717, 1.165) is 63.1 Å². The number of carbonyl (C=O) groups excluding carboxylic acids is 1. The van der Waals surface area contributed by atoms with Gasteiger partial charge in [-0.25, -0.2) is 9.07 Å². The van der Waals surface area contributed by atoms with Gasteiger partial charge in [0.05, 0.1) is 11.8 Å². The number of ether oxygens (including phenoxy) is 1. The fourth-order valence-electron chi connectivity index (χ4n) is 4.45. The average Bonchev–Trinajstić information content (AvgIpc) is 3.46. The summed E-state index contributed by atoms with van der Waals surface area (Å²) in [7, 11) is 0. The van der Waals surface area contributed by atoms with Crippen LogP contribution in [0.3, 0.4) is 0 Å². The van der Waals surface area contributed by atoms with Crippen LogP contribution in [0.4, 0.5) is 4.39 Å². The molecule has 6 nitrogen and oxygen atoms in total. The molecular formula is C23H31FN4O2. The van der Waals surface area contributed by atoms with Crippen LogP contribution in [0.5, 0.6) is 0 Å². The Labute approximate surface area is 177 Å². The van der Waals surface area contributed by atoms with E-state index < -0.39 is 0 Å². The first-order valence-electron chi connectivity index (χ1n) is 11.1. The van der Waals surface area contributed by atoms with Crippen LogP contribution in [0.2, 0.25) is 0 Å². The molecule has 1 unspecified atom stereocenters. The maximum absolute atomic E-state index is 13.8. The molecule has 0 radical (unpaired) electrons. The third kappa shape index (κ3) is 5.67. The number of piperidine rings is 1. The predicted octanol–water partition coefficient (Wildman–Crippen LogP) is 3.30. The highest BCUT2D eigenvalue weighted by atomic mass is 19.1. The van der Waals surface area contributed by atoms with Gasteiger partial charge in [0, 0.05) is 38.5 Å². The van der Waals surface area contributed by atoms with E-state index in [1.165, 1.54) is 6.07 Å². The molecule has 2 aliphatic rings. The van der Waals surface area contributed by atoms with Crippen molar-refractivity contribution in [2.45, 2.75) is 51.2 Å². The van der Waals surface area contributed by atoms with Gasteiger partial charge in [-0.05, 0) is 80.9 Å². The van der Waals surface area contributed by atoms with Crippen molar-refractivity contribution in [1.82, 2.24) is 20.0 Å².